The Morgan fingerprint density at radius 2 is 2.13 bits per heavy atom. The fourth-order valence-electron chi connectivity index (χ4n) is 6.18. The molecule has 6 rings (SSSR count). The number of nitrogens with zero attached hydrogens (tertiary/aromatic N) is 7. The molecule has 2 atom stereocenters. The first-order valence-electron chi connectivity index (χ1n) is 13.6. The number of hydrogen-bond donors (Lipinski definition) is 2. The summed E-state index contributed by atoms with van der Waals surface area (Å²) >= 11 is 0. The van der Waals surface area contributed by atoms with Crippen LogP contribution in [0.25, 0.3) is 11.0 Å². The molecule has 3 aliphatic rings. The van der Waals surface area contributed by atoms with Gasteiger partial charge in [-0.3, -0.25) is 9.89 Å². The Balaban J connectivity index is 1.18. The van der Waals surface area contributed by atoms with E-state index in [1.165, 1.54) is 6.33 Å². The third-order valence-electron chi connectivity index (χ3n) is 8.17. The van der Waals surface area contributed by atoms with Gasteiger partial charge < -0.3 is 19.9 Å². The van der Waals surface area contributed by atoms with Crippen LogP contribution < -0.4 is 15.0 Å². The van der Waals surface area contributed by atoms with Crippen molar-refractivity contribution in [2.45, 2.75) is 57.4 Å². The number of carbonyl (C=O) groups excluding carboxylic acids is 1. The zero-order valence-electron chi connectivity index (χ0n) is 22.2. The van der Waals surface area contributed by atoms with E-state index in [2.05, 4.69) is 54.2 Å². The Morgan fingerprint density at radius 3 is 2.89 bits per heavy atom. The van der Waals surface area contributed by atoms with E-state index in [0.29, 0.717) is 41.6 Å². The average molecular weight is 518 g/mol. The molecule has 0 spiro atoms. The van der Waals surface area contributed by atoms with Gasteiger partial charge in [0.1, 0.15) is 17.8 Å². The summed E-state index contributed by atoms with van der Waals surface area (Å²) in [5.74, 6) is 2.38. The Bertz CT molecular complexity index is 1340. The topological polar surface area (TPSA) is 134 Å². The molecule has 1 saturated heterocycles. The van der Waals surface area contributed by atoms with Crippen molar-refractivity contribution in [3.63, 3.8) is 0 Å². The van der Waals surface area contributed by atoms with Crippen molar-refractivity contribution >= 4 is 29.0 Å². The summed E-state index contributed by atoms with van der Waals surface area (Å²) in [4.78, 5) is 37.3. The van der Waals surface area contributed by atoms with Crippen LogP contribution in [0.15, 0.2) is 23.6 Å². The second-order valence-corrected chi connectivity index (χ2v) is 11.5. The highest BCUT2D eigenvalue weighted by atomic mass is 16.5. The molecule has 4 heterocycles. The van der Waals surface area contributed by atoms with Crippen molar-refractivity contribution in [2.75, 3.05) is 31.6 Å². The highest BCUT2D eigenvalue weighted by Gasteiger charge is 2.40. The minimum Gasteiger partial charge on any atom is -0.463 e. The molecule has 3 fully saturated rings. The van der Waals surface area contributed by atoms with Crippen molar-refractivity contribution in [1.29, 1.82) is 0 Å². The highest BCUT2D eigenvalue weighted by Crippen LogP contribution is 2.38. The molecule has 11 heteroatoms. The van der Waals surface area contributed by atoms with Gasteiger partial charge in [0.25, 0.3) is 5.91 Å². The first-order valence-corrected chi connectivity index (χ1v) is 13.6. The second-order valence-electron chi connectivity index (χ2n) is 11.5. The third-order valence-corrected chi connectivity index (χ3v) is 8.17. The molecule has 2 N–H and O–H groups in total. The van der Waals surface area contributed by atoms with E-state index in [1.54, 1.807) is 13.1 Å². The van der Waals surface area contributed by atoms with E-state index in [1.807, 2.05) is 12.4 Å². The van der Waals surface area contributed by atoms with Gasteiger partial charge in [-0.2, -0.15) is 15.1 Å². The maximum absolute atomic E-state index is 13.3. The summed E-state index contributed by atoms with van der Waals surface area (Å²) in [6.45, 7) is 6.42. The van der Waals surface area contributed by atoms with Crippen LogP contribution in [0.3, 0.4) is 0 Å². The van der Waals surface area contributed by atoms with Crippen LogP contribution in [0, 0.1) is 17.8 Å². The number of aliphatic imine (C=N–C) groups is 1. The maximum atomic E-state index is 13.3. The molecule has 200 valence electrons. The maximum Gasteiger partial charge on any atom is 0.319 e. The van der Waals surface area contributed by atoms with Gasteiger partial charge in [-0.1, -0.05) is 6.92 Å². The molecule has 38 heavy (non-hydrogen) atoms. The first-order chi connectivity index (χ1) is 18.4. The fourth-order valence-corrected chi connectivity index (χ4v) is 6.18. The number of carbonyl (C=O) groups is 1. The van der Waals surface area contributed by atoms with Crippen LogP contribution >= 0.6 is 0 Å². The number of ether oxygens (including phenoxy) is 1. The number of rotatable bonds is 8. The second kappa shape index (κ2) is 9.92. The Morgan fingerprint density at radius 1 is 1.32 bits per heavy atom. The molecule has 0 bridgehead atoms. The largest absolute Gasteiger partial charge is 0.463 e. The molecular weight excluding hydrogens is 482 g/mol. The van der Waals surface area contributed by atoms with E-state index in [0.717, 1.165) is 62.1 Å². The number of aromatic amines is 1. The molecule has 11 nitrogen and oxygen atoms in total. The highest BCUT2D eigenvalue weighted by molar-refractivity contribution is 5.93. The van der Waals surface area contributed by atoms with Gasteiger partial charge in [-0.25, -0.2) is 9.97 Å². The zero-order chi connectivity index (χ0) is 26.3. The molecule has 2 aliphatic carbocycles. The van der Waals surface area contributed by atoms with Gasteiger partial charge in [0.05, 0.1) is 12.0 Å². The molecule has 1 aliphatic heterocycles. The summed E-state index contributed by atoms with van der Waals surface area (Å²) in [7, 11) is 1.79. The Labute approximate surface area is 221 Å². The molecule has 1 amide bonds. The molecule has 3 aromatic rings. The Kier molecular flexibility index (Phi) is 6.45. The average Bonchev–Trinajstić information content (AvgIpc) is 3.51. The van der Waals surface area contributed by atoms with Gasteiger partial charge in [0.15, 0.2) is 5.65 Å². The minimum atomic E-state index is -0.182. The van der Waals surface area contributed by atoms with Crippen molar-refractivity contribution in [1.82, 2.24) is 35.5 Å². The van der Waals surface area contributed by atoms with Gasteiger partial charge in [0, 0.05) is 67.6 Å². The smallest absolute Gasteiger partial charge is 0.319 e. The molecular formula is C27H35N9O2. The first kappa shape index (κ1) is 24.7. The van der Waals surface area contributed by atoms with E-state index in [9.17, 15) is 4.79 Å². The monoisotopic (exact) mass is 517 g/mol. The number of piperidine rings is 1. The van der Waals surface area contributed by atoms with Gasteiger partial charge >= 0.3 is 6.01 Å². The summed E-state index contributed by atoms with van der Waals surface area (Å²) < 4.78 is 6.03. The normalized spacial score (nSPS) is 27.4. The molecule has 2 saturated carbocycles. The number of aromatic nitrogens is 6. The van der Waals surface area contributed by atoms with Crippen molar-refractivity contribution in [2.24, 2.45) is 22.7 Å². The van der Waals surface area contributed by atoms with Crippen LogP contribution in [-0.4, -0.2) is 74.5 Å². The third kappa shape index (κ3) is 5.06. The van der Waals surface area contributed by atoms with Gasteiger partial charge in [-0.05, 0) is 44.9 Å². The summed E-state index contributed by atoms with van der Waals surface area (Å²) in [6.07, 6.45) is 10.2. The van der Waals surface area contributed by atoms with E-state index in [4.69, 9.17) is 9.72 Å². The summed E-state index contributed by atoms with van der Waals surface area (Å²) in [5, 5.41) is 11.7. The molecule has 0 aromatic carbocycles. The standard InChI is InChI=1S/C27H35N9O2/c1-16-10-27(2,11-16)33-25(37)21-9-22(32-26(31-21)38-14-19-8-18(19)12-28-3)36-6-4-17(5-7-36)23-20-13-29-15-30-24(20)35-34-23/h9,12-13,15-19H,4-8,10-11,14H2,1-3H3,(H,33,37)(H,29,30,34,35)/t16?,18-,19+,27?/m0/s1. The molecule has 0 radical (unpaired) electrons. The zero-order valence-corrected chi connectivity index (χ0v) is 22.2. The van der Waals surface area contributed by atoms with E-state index < -0.39 is 0 Å². The fraction of sp³-hybridized carbons (Fsp3) is 0.593. The van der Waals surface area contributed by atoms with Crippen LogP contribution in [0.2, 0.25) is 0 Å². The van der Waals surface area contributed by atoms with Gasteiger partial charge in [-0.15, -0.1) is 0 Å². The lowest BCUT2D eigenvalue weighted by Crippen LogP contribution is -2.54. The van der Waals surface area contributed by atoms with E-state index >= 15 is 0 Å². The Hall–Kier alpha value is -3.63. The number of hydrogen-bond acceptors (Lipinski definition) is 9. The van der Waals surface area contributed by atoms with E-state index in [-0.39, 0.29) is 17.5 Å². The number of nitrogens with one attached hydrogen (secondary N) is 2. The SMILES string of the molecule is CN=C[C@@H]1C[C@@H]1COc1nc(C(=O)NC2(C)CC(C)C2)cc(N2CCC(c3[nH]nc4ncncc34)CC2)n1. The lowest BCUT2D eigenvalue weighted by Gasteiger charge is -2.44. The number of fused-ring (bicyclic) bond motifs is 1. The van der Waals surface area contributed by atoms with Crippen LogP contribution in [0.5, 0.6) is 6.01 Å². The molecule has 3 aromatic heterocycles. The van der Waals surface area contributed by atoms with Crippen molar-refractivity contribution in [3.8, 4) is 6.01 Å². The number of amides is 1. The van der Waals surface area contributed by atoms with Crippen molar-refractivity contribution < 1.29 is 9.53 Å². The van der Waals surface area contributed by atoms with Crippen LogP contribution in [-0.2, 0) is 0 Å². The van der Waals surface area contributed by atoms with Crippen LogP contribution in [0.1, 0.15) is 68.1 Å². The van der Waals surface area contributed by atoms with Crippen molar-refractivity contribution in [3.05, 3.63) is 30.0 Å². The predicted octanol–water partition coefficient (Wildman–Crippen LogP) is 3.16. The quantitative estimate of drug-likeness (QED) is 0.435. The number of H-pyrrole nitrogens is 1. The molecule has 0 unspecified atom stereocenters. The van der Waals surface area contributed by atoms with Gasteiger partial charge in [0.2, 0.25) is 0 Å². The minimum absolute atomic E-state index is 0.172. The lowest BCUT2D eigenvalue weighted by molar-refractivity contribution is 0.0765. The lowest BCUT2D eigenvalue weighted by atomic mass is 9.70. The summed E-state index contributed by atoms with van der Waals surface area (Å²) in [5.41, 5.74) is 1.96. The summed E-state index contributed by atoms with van der Waals surface area (Å²) in [6, 6.07) is 2.06. The predicted molar refractivity (Wildman–Crippen MR) is 144 cm³/mol. The number of anilines is 1. The van der Waals surface area contributed by atoms with Crippen LogP contribution in [0.4, 0.5) is 5.82 Å².